The molecular formula is C24H15F3N4O2S. The van der Waals surface area contributed by atoms with Crippen molar-refractivity contribution < 1.29 is 22.7 Å². The smallest absolute Gasteiger partial charge is 0.441 e. The highest BCUT2D eigenvalue weighted by Crippen LogP contribution is 2.35. The first kappa shape index (κ1) is 21.9. The number of hydrazone groups is 1. The van der Waals surface area contributed by atoms with E-state index in [1.165, 1.54) is 6.08 Å². The van der Waals surface area contributed by atoms with E-state index < -0.39 is 23.0 Å². The Kier molecular flexibility index (Phi) is 5.45. The molecule has 2 aliphatic rings. The number of ether oxygens (including phenoxy) is 1. The molecule has 170 valence electrons. The van der Waals surface area contributed by atoms with Gasteiger partial charge in [-0.1, -0.05) is 54.6 Å². The zero-order valence-electron chi connectivity index (χ0n) is 17.3. The molecule has 34 heavy (non-hydrogen) atoms. The van der Waals surface area contributed by atoms with Gasteiger partial charge in [0.2, 0.25) is 10.2 Å². The van der Waals surface area contributed by atoms with Gasteiger partial charge in [0.25, 0.3) is 5.91 Å². The Morgan fingerprint density at radius 1 is 1.03 bits per heavy atom. The Bertz CT molecular complexity index is 1410. The molecule has 2 aliphatic heterocycles. The summed E-state index contributed by atoms with van der Waals surface area (Å²) in [6.07, 6.45) is -3.29. The van der Waals surface area contributed by atoms with Gasteiger partial charge >= 0.3 is 6.18 Å². The Balaban J connectivity index is 1.32. The van der Waals surface area contributed by atoms with Crippen LogP contribution in [0.2, 0.25) is 0 Å². The second-order valence-electron chi connectivity index (χ2n) is 7.42. The third kappa shape index (κ3) is 4.19. The number of alkyl halides is 3. The highest BCUT2D eigenvalue weighted by molar-refractivity contribution is 8.27. The number of nitrogens with one attached hydrogen (secondary N) is 1. The van der Waals surface area contributed by atoms with E-state index in [0.717, 1.165) is 21.3 Å². The maximum absolute atomic E-state index is 12.9. The number of fused-ring (bicyclic) bond motifs is 2. The van der Waals surface area contributed by atoms with Crippen molar-refractivity contribution in [1.82, 2.24) is 5.01 Å². The van der Waals surface area contributed by atoms with Gasteiger partial charge in [0.15, 0.2) is 5.84 Å². The SMILES string of the molecule is N=C1/C(=C\c2ccc(OCc3cccc4ccccc34)cc2)C(=O)N=C2SC(C(F)(F)F)=NN12. The topological polar surface area (TPSA) is 78.1 Å². The summed E-state index contributed by atoms with van der Waals surface area (Å²) in [7, 11) is 0. The van der Waals surface area contributed by atoms with Gasteiger partial charge in [-0.25, -0.2) is 0 Å². The summed E-state index contributed by atoms with van der Waals surface area (Å²) >= 11 is 0.219. The van der Waals surface area contributed by atoms with Crippen LogP contribution in [0.15, 0.2) is 82.4 Å². The lowest BCUT2D eigenvalue weighted by atomic mass is 10.1. The number of carbonyl (C=O) groups excluding carboxylic acids is 1. The van der Waals surface area contributed by atoms with Crippen LogP contribution in [0.3, 0.4) is 0 Å². The van der Waals surface area contributed by atoms with E-state index in [0.29, 0.717) is 17.9 Å². The molecule has 0 saturated carbocycles. The summed E-state index contributed by atoms with van der Waals surface area (Å²) in [5, 5.41) is 13.1. The molecule has 0 fully saturated rings. The average Bonchev–Trinajstić information content (AvgIpc) is 3.26. The van der Waals surface area contributed by atoms with Crippen LogP contribution in [-0.4, -0.2) is 33.1 Å². The van der Waals surface area contributed by atoms with Crippen molar-refractivity contribution in [3.63, 3.8) is 0 Å². The minimum absolute atomic E-state index is 0.152. The Morgan fingerprint density at radius 3 is 2.53 bits per heavy atom. The number of rotatable bonds is 4. The van der Waals surface area contributed by atoms with Gasteiger partial charge in [-0.05, 0) is 51.9 Å². The second kappa shape index (κ2) is 8.45. The van der Waals surface area contributed by atoms with Crippen LogP contribution in [0, 0.1) is 5.41 Å². The minimum Gasteiger partial charge on any atom is -0.489 e. The minimum atomic E-state index is -4.68. The number of halogens is 3. The maximum atomic E-state index is 12.9. The van der Waals surface area contributed by atoms with Crippen molar-refractivity contribution in [2.75, 3.05) is 0 Å². The van der Waals surface area contributed by atoms with Crippen LogP contribution < -0.4 is 4.74 Å². The summed E-state index contributed by atoms with van der Waals surface area (Å²) in [6.45, 7) is 0.370. The number of carbonyl (C=O) groups is 1. The molecule has 0 aliphatic carbocycles. The molecule has 3 aromatic rings. The largest absolute Gasteiger partial charge is 0.489 e. The molecule has 0 aromatic heterocycles. The molecule has 5 rings (SSSR count). The fraction of sp³-hybridized carbons (Fsp3) is 0.0833. The van der Waals surface area contributed by atoms with Crippen molar-refractivity contribution in [2.24, 2.45) is 10.1 Å². The second-order valence-corrected chi connectivity index (χ2v) is 8.37. The first-order valence-corrected chi connectivity index (χ1v) is 10.9. The number of aliphatic imine (C=N–C) groups is 1. The Labute approximate surface area is 195 Å². The maximum Gasteiger partial charge on any atom is 0.441 e. The first-order valence-electron chi connectivity index (χ1n) is 10.1. The Hall–Kier alpha value is -3.92. The predicted molar refractivity (Wildman–Crippen MR) is 126 cm³/mol. The van der Waals surface area contributed by atoms with Crippen molar-refractivity contribution in [3.05, 3.63) is 83.4 Å². The summed E-state index contributed by atoms with van der Waals surface area (Å²) in [5.74, 6) is -0.646. The quantitative estimate of drug-likeness (QED) is 0.493. The summed E-state index contributed by atoms with van der Waals surface area (Å²) in [5.41, 5.74) is 1.46. The normalized spacial score (nSPS) is 17.1. The monoisotopic (exact) mass is 480 g/mol. The number of amidine groups is 2. The number of hydrogen-bond acceptors (Lipinski definition) is 5. The van der Waals surface area contributed by atoms with Crippen LogP contribution in [-0.2, 0) is 11.4 Å². The average molecular weight is 480 g/mol. The zero-order valence-corrected chi connectivity index (χ0v) is 18.2. The highest BCUT2D eigenvalue weighted by Gasteiger charge is 2.46. The van der Waals surface area contributed by atoms with Gasteiger partial charge in [0.1, 0.15) is 12.4 Å². The van der Waals surface area contributed by atoms with E-state index in [9.17, 15) is 18.0 Å². The molecule has 0 radical (unpaired) electrons. The molecule has 0 bridgehead atoms. The molecular weight excluding hydrogens is 465 g/mol. The van der Waals surface area contributed by atoms with Gasteiger partial charge in [-0.3, -0.25) is 10.2 Å². The van der Waals surface area contributed by atoms with Crippen molar-refractivity contribution >= 4 is 50.6 Å². The van der Waals surface area contributed by atoms with Crippen molar-refractivity contribution in [3.8, 4) is 5.75 Å². The van der Waals surface area contributed by atoms with E-state index in [1.54, 1.807) is 24.3 Å². The number of amides is 1. The predicted octanol–water partition coefficient (Wildman–Crippen LogP) is 5.60. The van der Waals surface area contributed by atoms with E-state index in [-0.39, 0.29) is 22.5 Å². The molecule has 0 spiro atoms. The number of hydrogen-bond donors (Lipinski definition) is 1. The highest BCUT2D eigenvalue weighted by atomic mass is 32.2. The fourth-order valence-corrected chi connectivity index (χ4v) is 4.27. The van der Waals surface area contributed by atoms with E-state index in [4.69, 9.17) is 10.1 Å². The van der Waals surface area contributed by atoms with Gasteiger partial charge < -0.3 is 4.74 Å². The van der Waals surface area contributed by atoms with E-state index in [2.05, 4.69) is 10.1 Å². The van der Waals surface area contributed by atoms with Gasteiger partial charge in [0.05, 0.1) is 5.57 Å². The van der Waals surface area contributed by atoms with Crippen LogP contribution in [0.4, 0.5) is 13.2 Å². The molecule has 0 saturated heterocycles. The third-order valence-corrected chi connectivity index (χ3v) is 6.12. The Morgan fingerprint density at radius 2 is 1.76 bits per heavy atom. The number of benzene rings is 3. The molecule has 10 heteroatoms. The molecule has 2 heterocycles. The summed E-state index contributed by atoms with van der Waals surface area (Å²) in [4.78, 5) is 16.0. The molecule has 0 unspecified atom stereocenters. The van der Waals surface area contributed by atoms with E-state index >= 15 is 0 Å². The lowest BCUT2D eigenvalue weighted by Crippen LogP contribution is -2.35. The van der Waals surface area contributed by atoms with Crippen LogP contribution >= 0.6 is 11.8 Å². The molecule has 1 amide bonds. The van der Waals surface area contributed by atoms with Crippen LogP contribution in [0.5, 0.6) is 5.75 Å². The molecule has 6 nitrogen and oxygen atoms in total. The van der Waals surface area contributed by atoms with Gasteiger partial charge in [0, 0.05) is 0 Å². The van der Waals surface area contributed by atoms with E-state index in [1.807, 2.05) is 42.5 Å². The van der Waals surface area contributed by atoms with Crippen LogP contribution in [0.25, 0.3) is 16.8 Å². The zero-order chi connectivity index (χ0) is 23.9. The molecule has 0 atom stereocenters. The van der Waals surface area contributed by atoms with Gasteiger partial charge in [-0.2, -0.15) is 28.3 Å². The molecule has 3 aromatic carbocycles. The van der Waals surface area contributed by atoms with Crippen molar-refractivity contribution in [1.29, 1.82) is 5.41 Å². The summed E-state index contributed by atoms with van der Waals surface area (Å²) < 4.78 is 44.7. The fourth-order valence-electron chi connectivity index (χ4n) is 3.51. The standard InChI is InChI=1S/C24H15F3N4O2S/c25-24(26,27)22-30-31-20(28)19(21(32)29-23(31)34-22)12-14-8-10-17(11-9-14)33-13-16-6-3-5-15-4-1-2-7-18(15)16/h1-12,28H,13H2/b19-12+,28-20?. The summed E-state index contributed by atoms with van der Waals surface area (Å²) in [6, 6.07) is 20.8. The lowest BCUT2D eigenvalue weighted by molar-refractivity contribution is -0.114. The van der Waals surface area contributed by atoms with Crippen molar-refractivity contribution in [2.45, 2.75) is 12.8 Å². The van der Waals surface area contributed by atoms with Crippen LogP contribution in [0.1, 0.15) is 11.1 Å². The third-order valence-electron chi connectivity index (χ3n) is 5.16. The molecule has 1 N–H and O–H groups in total. The number of nitrogens with zero attached hydrogens (tertiary/aromatic N) is 3. The van der Waals surface area contributed by atoms with Gasteiger partial charge in [-0.15, -0.1) is 0 Å². The first-order chi connectivity index (χ1) is 16.3. The number of thioether (sulfide) groups is 1. The lowest BCUT2D eigenvalue weighted by Gasteiger charge is -2.20.